The van der Waals surface area contributed by atoms with Gasteiger partial charge in [0.1, 0.15) is 5.69 Å². The Kier molecular flexibility index (Phi) is 4.55. The first kappa shape index (κ1) is 12.0. The summed E-state index contributed by atoms with van der Waals surface area (Å²) in [5.74, 6) is -0.976. The Morgan fingerprint density at radius 2 is 2.40 bits per heavy atom. The second-order valence-corrected chi connectivity index (χ2v) is 4.38. The Morgan fingerprint density at radius 3 is 3.00 bits per heavy atom. The lowest BCUT2D eigenvalue weighted by Crippen LogP contribution is -2.30. The fraction of sp³-hybridized carbons (Fsp3) is 0.400. The smallest absolute Gasteiger partial charge is 0.270 e. The summed E-state index contributed by atoms with van der Waals surface area (Å²) in [7, 11) is 0. The number of carbonyl (C=O) groups is 1. The van der Waals surface area contributed by atoms with E-state index < -0.39 is 5.95 Å². The molecule has 0 bridgehead atoms. The topological polar surface area (TPSA) is 42.0 Å². The molecule has 0 aliphatic heterocycles. The van der Waals surface area contributed by atoms with E-state index in [4.69, 9.17) is 0 Å². The highest BCUT2D eigenvalue weighted by Crippen LogP contribution is 2.03. The van der Waals surface area contributed by atoms with Crippen LogP contribution in [0, 0.1) is 5.95 Å². The highest BCUT2D eigenvalue weighted by Gasteiger charge is 2.08. The normalized spacial score (nSPS) is 12.2. The lowest BCUT2D eigenvalue weighted by atomic mass is 10.3. The Bertz CT molecular complexity index is 346. The number of amides is 1. The van der Waals surface area contributed by atoms with Crippen LogP contribution in [0.25, 0.3) is 0 Å². The zero-order chi connectivity index (χ0) is 11.3. The number of carbonyl (C=O) groups excluding carboxylic acids is 1. The van der Waals surface area contributed by atoms with Crippen LogP contribution in [0.2, 0.25) is 0 Å². The molecule has 1 N–H and O–H groups in total. The van der Waals surface area contributed by atoms with E-state index in [9.17, 15) is 9.18 Å². The van der Waals surface area contributed by atoms with Crippen molar-refractivity contribution in [1.29, 1.82) is 0 Å². The van der Waals surface area contributed by atoms with Crippen LogP contribution in [0.3, 0.4) is 0 Å². The molecule has 0 aliphatic rings. The van der Waals surface area contributed by atoms with Crippen LogP contribution in [-0.4, -0.2) is 28.9 Å². The molecule has 1 heterocycles. The van der Waals surface area contributed by atoms with Gasteiger partial charge in [0.25, 0.3) is 5.91 Å². The second kappa shape index (κ2) is 5.70. The van der Waals surface area contributed by atoms with Crippen LogP contribution in [0.4, 0.5) is 4.39 Å². The summed E-state index contributed by atoms with van der Waals surface area (Å²) in [4.78, 5) is 15.0. The van der Waals surface area contributed by atoms with E-state index in [0.29, 0.717) is 11.8 Å². The number of nitrogens with one attached hydrogen (secondary N) is 1. The van der Waals surface area contributed by atoms with Gasteiger partial charge in [-0.3, -0.25) is 4.79 Å². The maximum Gasteiger partial charge on any atom is 0.270 e. The molecule has 5 heteroatoms. The molecule has 1 aromatic rings. The lowest BCUT2D eigenvalue weighted by molar-refractivity contribution is 0.0948. The number of hydrogen-bond acceptors (Lipinski definition) is 3. The summed E-state index contributed by atoms with van der Waals surface area (Å²) in [5.41, 5.74) is 0.114. The van der Waals surface area contributed by atoms with Gasteiger partial charge in [0.05, 0.1) is 0 Å². The molecular formula is C10H13FN2OS. The summed E-state index contributed by atoms with van der Waals surface area (Å²) in [6, 6.07) is 4.17. The van der Waals surface area contributed by atoms with E-state index in [1.54, 1.807) is 11.8 Å². The van der Waals surface area contributed by atoms with Gasteiger partial charge < -0.3 is 5.32 Å². The first-order valence-electron chi connectivity index (χ1n) is 4.57. The van der Waals surface area contributed by atoms with Crippen LogP contribution in [0.5, 0.6) is 0 Å². The minimum atomic E-state index is -0.638. The SMILES string of the molecule is CSC(C)CNC(=O)c1cccc(F)n1. The number of thioether (sulfide) groups is 1. The van der Waals surface area contributed by atoms with Crippen molar-refractivity contribution in [1.82, 2.24) is 10.3 Å². The van der Waals surface area contributed by atoms with Crippen molar-refractivity contribution in [3.8, 4) is 0 Å². The van der Waals surface area contributed by atoms with Crippen LogP contribution in [0.15, 0.2) is 18.2 Å². The molecule has 15 heavy (non-hydrogen) atoms. The number of aromatic nitrogens is 1. The quantitative estimate of drug-likeness (QED) is 0.798. The van der Waals surface area contributed by atoms with E-state index in [2.05, 4.69) is 10.3 Å². The summed E-state index contributed by atoms with van der Waals surface area (Å²) < 4.78 is 12.7. The lowest BCUT2D eigenvalue weighted by Gasteiger charge is -2.09. The van der Waals surface area contributed by atoms with E-state index in [0.717, 1.165) is 0 Å². The molecule has 1 rings (SSSR count). The van der Waals surface area contributed by atoms with Crippen molar-refractivity contribution in [3.63, 3.8) is 0 Å². The summed E-state index contributed by atoms with van der Waals surface area (Å²) >= 11 is 1.66. The number of halogens is 1. The first-order chi connectivity index (χ1) is 7.13. The van der Waals surface area contributed by atoms with Gasteiger partial charge in [0.15, 0.2) is 0 Å². The van der Waals surface area contributed by atoms with Gasteiger partial charge in [-0.1, -0.05) is 13.0 Å². The van der Waals surface area contributed by atoms with Gasteiger partial charge in [-0.2, -0.15) is 16.2 Å². The van der Waals surface area contributed by atoms with Gasteiger partial charge in [-0.25, -0.2) is 4.98 Å². The predicted octanol–water partition coefficient (Wildman–Crippen LogP) is 1.70. The van der Waals surface area contributed by atoms with Crippen LogP contribution >= 0.6 is 11.8 Å². The summed E-state index contributed by atoms with van der Waals surface area (Å²) in [6.45, 7) is 2.56. The van der Waals surface area contributed by atoms with Gasteiger partial charge in [0.2, 0.25) is 5.95 Å². The fourth-order valence-electron chi connectivity index (χ4n) is 0.945. The van der Waals surface area contributed by atoms with Crippen molar-refractivity contribution < 1.29 is 9.18 Å². The minimum Gasteiger partial charge on any atom is -0.350 e. The van der Waals surface area contributed by atoms with E-state index in [-0.39, 0.29) is 11.6 Å². The zero-order valence-corrected chi connectivity index (χ0v) is 9.47. The second-order valence-electron chi connectivity index (χ2n) is 3.10. The van der Waals surface area contributed by atoms with Crippen LogP contribution in [0.1, 0.15) is 17.4 Å². The molecule has 0 radical (unpaired) electrons. The average Bonchev–Trinajstić information content (AvgIpc) is 2.25. The third kappa shape index (κ3) is 3.87. The molecule has 0 fully saturated rings. The first-order valence-corrected chi connectivity index (χ1v) is 5.86. The molecule has 0 saturated heterocycles. The van der Waals surface area contributed by atoms with Crippen molar-refractivity contribution in [2.45, 2.75) is 12.2 Å². The number of pyridine rings is 1. The largest absolute Gasteiger partial charge is 0.350 e. The Balaban J connectivity index is 2.54. The Morgan fingerprint density at radius 1 is 1.67 bits per heavy atom. The maximum atomic E-state index is 12.7. The molecule has 0 saturated carbocycles. The summed E-state index contributed by atoms with van der Waals surface area (Å²) in [5, 5.41) is 3.02. The van der Waals surface area contributed by atoms with Crippen molar-refractivity contribution in [3.05, 3.63) is 29.8 Å². The van der Waals surface area contributed by atoms with Crippen molar-refractivity contribution >= 4 is 17.7 Å². The Hall–Kier alpha value is -1.10. The minimum absolute atomic E-state index is 0.114. The monoisotopic (exact) mass is 228 g/mol. The van der Waals surface area contributed by atoms with Crippen molar-refractivity contribution in [2.24, 2.45) is 0 Å². The highest BCUT2D eigenvalue weighted by molar-refractivity contribution is 7.99. The van der Waals surface area contributed by atoms with Crippen LogP contribution < -0.4 is 5.32 Å². The average molecular weight is 228 g/mol. The van der Waals surface area contributed by atoms with E-state index in [1.165, 1.54) is 18.2 Å². The molecule has 1 atom stereocenters. The molecule has 0 aliphatic carbocycles. The van der Waals surface area contributed by atoms with Gasteiger partial charge in [0, 0.05) is 11.8 Å². The van der Waals surface area contributed by atoms with Crippen molar-refractivity contribution in [2.75, 3.05) is 12.8 Å². The number of rotatable bonds is 4. The predicted molar refractivity (Wildman–Crippen MR) is 59.5 cm³/mol. The third-order valence-corrected chi connectivity index (χ3v) is 2.87. The summed E-state index contributed by atoms with van der Waals surface area (Å²) in [6.07, 6.45) is 1.97. The third-order valence-electron chi connectivity index (χ3n) is 1.90. The number of nitrogens with zero attached hydrogens (tertiary/aromatic N) is 1. The Labute approximate surface area is 92.5 Å². The zero-order valence-electron chi connectivity index (χ0n) is 8.66. The molecular weight excluding hydrogens is 215 g/mol. The molecule has 1 amide bonds. The van der Waals surface area contributed by atoms with Gasteiger partial charge >= 0.3 is 0 Å². The number of hydrogen-bond donors (Lipinski definition) is 1. The fourth-order valence-corrected chi connectivity index (χ4v) is 1.20. The van der Waals surface area contributed by atoms with E-state index in [1.807, 2.05) is 13.2 Å². The van der Waals surface area contributed by atoms with Crippen LogP contribution in [-0.2, 0) is 0 Å². The van der Waals surface area contributed by atoms with Gasteiger partial charge in [-0.05, 0) is 18.4 Å². The highest BCUT2D eigenvalue weighted by atomic mass is 32.2. The molecule has 82 valence electrons. The molecule has 0 spiro atoms. The molecule has 0 aromatic carbocycles. The molecule has 1 aromatic heterocycles. The van der Waals surface area contributed by atoms with E-state index >= 15 is 0 Å². The standard InChI is InChI=1S/C10H13FN2OS/c1-7(15-2)6-12-10(14)8-4-3-5-9(11)13-8/h3-5,7H,6H2,1-2H3,(H,12,14). The molecule has 3 nitrogen and oxygen atoms in total. The molecule has 1 unspecified atom stereocenters. The van der Waals surface area contributed by atoms with Gasteiger partial charge in [-0.15, -0.1) is 0 Å². The maximum absolute atomic E-state index is 12.7.